The highest BCUT2D eigenvalue weighted by atomic mass is 32.2. The summed E-state index contributed by atoms with van der Waals surface area (Å²) < 4.78 is 25.3. The summed E-state index contributed by atoms with van der Waals surface area (Å²) in [5, 5.41) is 27.0. The second-order valence-electron chi connectivity index (χ2n) is 10.8. The first-order chi connectivity index (χ1) is 18.2. The minimum absolute atomic E-state index is 0.0168. The van der Waals surface area contributed by atoms with E-state index in [4.69, 9.17) is 0 Å². The summed E-state index contributed by atoms with van der Waals surface area (Å²) in [4.78, 5) is 12.6. The second-order valence-corrected chi connectivity index (χ2v) is 12.5. The van der Waals surface area contributed by atoms with Gasteiger partial charge in [0.05, 0.1) is 24.5 Å². The summed E-state index contributed by atoms with van der Waals surface area (Å²) in [6.07, 6.45) is 1.02. The molecule has 0 aliphatic rings. The van der Waals surface area contributed by atoms with E-state index in [2.05, 4.69) is 41.3 Å². The lowest BCUT2D eigenvalue weighted by atomic mass is 9.93. The smallest absolute Gasteiger partial charge is 0.229 e. The predicted molar refractivity (Wildman–Crippen MR) is 155 cm³/mol. The third-order valence-electron chi connectivity index (χ3n) is 6.54. The lowest BCUT2D eigenvalue weighted by Crippen LogP contribution is -2.43. The molecular weight excluding hydrogens is 514 g/mol. The van der Waals surface area contributed by atoms with Crippen LogP contribution in [0.4, 0.5) is 5.69 Å². The van der Waals surface area contributed by atoms with Gasteiger partial charge < -0.3 is 20.8 Å². The number of carbonyl (C=O) groups excluding carboxylic acids is 1. The van der Waals surface area contributed by atoms with Gasteiger partial charge in [0.15, 0.2) is 0 Å². The maximum Gasteiger partial charge on any atom is 0.229 e. The molecule has 3 aromatic rings. The first-order valence-corrected chi connectivity index (χ1v) is 14.7. The number of aryl methyl sites for hydroxylation is 2. The van der Waals surface area contributed by atoms with Gasteiger partial charge in [-0.05, 0) is 79.6 Å². The maximum atomic E-state index is 12.6. The van der Waals surface area contributed by atoms with Crippen LogP contribution in [0.5, 0.6) is 5.75 Å². The molecule has 9 heteroatoms. The van der Waals surface area contributed by atoms with Crippen molar-refractivity contribution in [3.8, 4) is 5.75 Å². The summed E-state index contributed by atoms with van der Waals surface area (Å²) in [7, 11) is -3.58. The molecule has 0 heterocycles. The van der Waals surface area contributed by atoms with E-state index in [-0.39, 0.29) is 35.8 Å². The first kappa shape index (κ1) is 30.1. The summed E-state index contributed by atoms with van der Waals surface area (Å²) in [5.41, 5.74) is 5.60. The zero-order valence-electron chi connectivity index (χ0n) is 23.2. The topological polar surface area (TPSA) is 128 Å². The Balaban J connectivity index is 1.55. The molecule has 0 fully saturated rings. The minimum atomic E-state index is -3.58. The molecule has 3 rings (SSSR count). The van der Waals surface area contributed by atoms with Gasteiger partial charge in [-0.2, -0.15) is 0 Å². The van der Waals surface area contributed by atoms with Crippen LogP contribution in [0.15, 0.2) is 60.7 Å². The molecule has 0 aromatic heterocycles. The number of amides is 1. The van der Waals surface area contributed by atoms with Crippen LogP contribution in [0.3, 0.4) is 0 Å². The number of phenolic OH excluding ortho intramolecular Hbond substituents is 1. The maximum absolute atomic E-state index is 12.6. The van der Waals surface area contributed by atoms with Crippen LogP contribution in [0.25, 0.3) is 0 Å². The Morgan fingerprint density at radius 1 is 0.949 bits per heavy atom. The van der Waals surface area contributed by atoms with E-state index in [1.54, 1.807) is 6.07 Å². The van der Waals surface area contributed by atoms with E-state index >= 15 is 0 Å². The van der Waals surface area contributed by atoms with Crippen LogP contribution in [-0.4, -0.2) is 42.9 Å². The molecule has 0 saturated carbocycles. The number of aromatic hydroxyl groups is 1. The number of hydrogen-bond donors (Lipinski definition) is 5. The Labute approximate surface area is 231 Å². The van der Waals surface area contributed by atoms with Gasteiger partial charge in [0.1, 0.15) is 5.75 Å². The number of aliphatic hydroxyl groups is 1. The van der Waals surface area contributed by atoms with Gasteiger partial charge in [0.25, 0.3) is 0 Å². The molecule has 0 unspecified atom stereocenters. The lowest BCUT2D eigenvalue weighted by molar-refractivity contribution is -0.120. The average Bonchev–Trinajstić information content (AvgIpc) is 2.84. The van der Waals surface area contributed by atoms with Gasteiger partial charge in [0.2, 0.25) is 15.9 Å². The highest BCUT2D eigenvalue weighted by molar-refractivity contribution is 7.92. The summed E-state index contributed by atoms with van der Waals surface area (Å²) >= 11 is 0. The Morgan fingerprint density at radius 3 is 2.36 bits per heavy atom. The molecule has 0 saturated heterocycles. The molecule has 39 heavy (non-hydrogen) atoms. The number of carbonyl (C=O) groups is 1. The zero-order chi connectivity index (χ0) is 28.8. The molecule has 1 amide bonds. The van der Waals surface area contributed by atoms with Crippen molar-refractivity contribution in [2.45, 2.75) is 58.7 Å². The molecular formula is C30H39N3O5S. The molecule has 0 aliphatic carbocycles. The number of sulfonamides is 1. The molecule has 8 nitrogen and oxygen atoms in total. The van der Waals surface area contributed by atoms with Crippen molar-refractivity contribution in [3.05, 3.63) is 94.0 Å². The van der Waals surface area contributed by atoms with Crippen LogP contribution in [0, 0.1) is 13.8 Å². The van der Waals surface area contributed by atoms with Crippen molar-refractivity contribution < 1.29 is 23.4 Å². The number of nitrogens with one attached hydrogen (secondary N) is 3. The summed E-state index contributed by atoms with van der Waals surface area (Å²) in [5.74, 6) is -0.256. The number of aliphatic hydroxyl groups excluding tert-OH is 1. The van der Waals surface area contributed by atoms with Crippen molar-refractivity contribution in [1.82, 2.24) is 10.6 Å². The minimum Gasteiger partial charge on any atom is -0.506 e. The van der Waals surface area contributed by atoms with Gasteiger partial charge in [-0.3, -0.25) is 9.52 Å². The van der Waals surface area contributed by atoms with E-state index in [0.29, 0.717) is 18.5 Å². The number of anilines is 1. The normalized spacial score (nSPS) is 12.7. The highest BCUT2D eigenvalue weighted by Gasteiger charge is 2.21. The SMILES string of the molecule is Cc1ccc(CNC(=O)Cc2cccc(CC(C)(C)NC[C@@H](O)c3ccc(O)c(NS(C)(=O)=O)c3)c2)cc1C. The van der Waals surface area contributed by atoms with Crippen LogP contribution >= 0.6 is 0 Å². The highest BCUT2D eigenvalue weighted by Crippen LogP contribution is 2.28. The fourth-order valence-corrected chi connectivity index (χ4v) is 4.88. The number of β-amino-alcohol motifs (C(OH)–C–C–N with tert-alkyl or cyclic N) is 1. The van der Waals surface area contributed by atoms with Crippen molar-refractivity contribution in [3.63, 3.8) is 0 Å². The van der Waals surface area contributed by atoms with Crippen LogP contribution in [0.2, 0.25) is 0 Å². The van der Waals surface area contributed by atoms with E-state index in [9.17, 15) is 23.4 Å². The Hall–Kier alpha value is -3.40. The molecule has 0 aliphatic heterocycles. The van der Waals surface area contributed by atoms with Crippen LogP contribution in [0.1, 0.15) is 53.3 Å². The fraction of sp³-hybridized carbons (Fsp3) is 0.367. The quantitative estimate of drug-likeness (QED) is 0.217. The Bertz CT molecular complexity index is 1420. The number of rotatable bonds is 12. The first-order valence-electron chi connectivity index (χ1n) is 12.9. The van der Waals surface area contributed by atoms with E-state index < -0.39 is 16.1 Å². The average molecular weight is 554 g/mol. The van der Waals surface area contributed by atoms with Crippen LogP contribution < -0.4 is 15.4 Å². The Morgan fingerprint density at radius 2 is 1.67 bits per heavy atom. The molecule has 0 spiro atoms. The van der Waals surface area contributed by atoms with Crippen molar-refractivity contribution >= 4 is 21.6 Å². The van der Waals surface area contributed by atoms with E-state index in [1.165, 1.54) is 23.3 Å². The number of phenols is 1. The third kappa shape index (κ3) is 9.69. The van der Waals surface area contributed by atoms with Crippen molar-refractivity contribution in [2.75, 3.05) is 17.5 Å². The number of benzene rings is 3. The van der Waals surface area contributed by atoms with Gasteiger partial charge in [0, 0.05) is 18.6 Å². The summed E-state index contributed by atoms with van der Waals surface area (Å²) in [6, 6.07) is 18.4. The molecule has 3 aromatic carbocycles. The monoisotopic (exact) mass is 553 g/mol. The van der Waals surface area contributed by atoms with Gasteiger partial charge in [-0.25, -0.2) is 8.42 Å². The van der Waals surface area contributed by atoms with Gasteiger partial charge in [-0.15, -0.1) is 0 Å². The Kier molecular flexibility index (Phi) is 9.77. The number of hydrogen-bond acceptors (Lipinski definition) is 6. The molecule has 1 atom stereocenters. The third-order valence-corrected chi connectivity index (χ3v) is 7.13. The molecule has 0 bridgehead atoms. The van der Waals surface area contributed by atoms with Crippen molar-refractivity contribution in [1.29, 1.82) is 0 Å². The standard InChI is InChI=1S/C30H39N3O5S/c1-20-9-10-24(13-21(20)2)18-31-29(36)15-22-7-6-8-23(14-22)17-30(3,4)32-19-28(35)25-11-12-27(34)26(16-25)33-39(5,37)38/h6-14,16,28,32-35H,15,17-19H2,1-5H3,(H,31,36)/t28-/m1/s1. The fourth-order valence-electron chi connectivity index (χ4n) is 4.32. The predicted octanol–water partition coefficient (Wildman–Crippen LogP) is 3.88. The van der Waals surface area contributed by atoms with E-state index in [0.717, 1.165) is 22.9 Å². The van der Waals surface area contributed by atoms with Crippen LogP contribution in [-0.2, 0) is 34.2 Å². The molecule has 210 valence electrons. The zero-order valence-corrected chi connectivity index (χ0v) is 24.0. The van der Waals surface area contributed by atoms with E-state index in [1.807, 2.05) is 44.2 Å². The lowest BCUT2D eigenvalue weighted by Gasteiger charge is -2.28. The largest absolute Gasteiger partial charge is 0.506 e. The van der Waals surface area contributed by atoms with Gasteiger partial charge in [-0.1, -0.05) is 48.5 Å². The summed E-state index contributed by atoms with van der Waals surface area (Å²) in [6.45, 7) is 8.89. The molecule has 5 N–H and O–H groups in total. The molecule has 0 radical (unpaired) electrons. The second kappa shape index (κ2) is 12.6. The van der Waals surface area contributed by atoms with Gasteiger partial charge >= 0.3 is 0 Å². The van der Waals surface area contributed by atoms with Crippen molar-refractivity contribution in [2.24, 2.45) is 0 Å².